The van der Waals surface area contributed by atoms with Gasteiger partial charge in [-0.05, 0) is 60.1 Å². The lowest BCUT2D eigenvalue weighted by Gasteiger charge is -2.52. The van der Waals surface area contributed by atoms with E-state index in [1.54, 1.807) is 45.8 Å². The van der Waals surface area contributed by atoms with Crippen LogP contribution in [-0.2, 0) is 32.0 Å². The van der Waals surface area contributed by atoms with Gasteiger partial charge in [-0.3, -0.25) is 24.0 Å². The number of Topliss-reactive ketones (excluding diaryl/α,β-unsaturated/α-hetero) is 4. The predicted octanol–water partition coefficient (Wildman–Crippen LogP) is 3.04. The van der Waals surface area contributed by atoms with Gasteiger partial charge in [0.1, 0.15) is 5.75 Å². The van der Waals surface area contributed by atoms with Crippen molar-refractivity contribution >= 4 is 34.7 Å². The number of hydrogen-bond donors (Lipinski definition) is 3. The topological polar surface area (TPSA) is 155 Å². The number of halogens is 3. The van der Waals surface area contributed by atoms with E-state index in [9.17, 15) is 47.4 Å². The number of phenolic OH excluding ortho intramolecular Hbond substituents is 1. The van der Waals surface area contributed by atoms with Crippen molar-refractivity contribution in [1.29, 1.82) is 0 Å². The Balaban J connectivity index is 1.82. The zero-order valence-electron chi connectivity index (χ0n) is 25.1. The van der Waals surface area contributed by atoms with Gasteiger partial charge < -0.3 is 20.8 Å². The van der Waals surface area contributed by atoms with Crippen LogP contribution < -0.4 is 10.6 Å². The molecule has 0 spiro atoms. The Labute approximate surface area is 248 Å². The van der Waals surface area contributed by atoms with Crippen LogP contribution in [0, 0.1) is 47.3 Å². The summed E-state index contributed by atoms with van der Waals surface area (Å²) in [6.07, 6.45) is -5.29. The molecule has 8 atom stereocenters. The Bertz CT molecular complexity index is 1390. The molecular weight excluding hydrogens is 569 g/mol. The van der Waals surface area contributed by atoms with Crippen LogP contribution in [0.2, 0.25) is 0 Å². The molecule has 0 heterocycles. The minimum absolute atomic E-state index is 0.0233. The van der Waals surface area contributed by atoms with Crippen LogP contribution in [0.5, 0.6) is 5.75 Å². The summed E-state index contributed by atoms with van der Waals surface area (Å²) in [6.45, 7) is 6.44. The first-order chi connectivity index (χ1) is 19.7. The molecule has 4 N–H and O–H groups in total. The number of hydrogen-bond acceptors (Lipinski definition) is 8. The molecule has 2 fully saturated rings. The quantitative estimate of drug-likeness (QED) is 0.399. The van der Waals surface area contributed by atoms with Crippen molar-refractivity contribution in [3.05, 3.63) is 22.8 Å². The zero-order chi connectivity index (χ0) is 32.5. The van der Waals surface area contributed by atoms with Gasteiger partial charge in [0.25, 0.3) is 0 Å². The Hall–Kier alpha value is -3.28. The first-order valence-electron chi connectivity index (χ1n) is 14.5. The SMILES string of the molecule is CC(Cc1cc(N(C)C)c2c(c1O)C(=O)C1C(=O)[C@]3(O)C(=O)C(C(N)=O)C(=O)[C@@H](C(C)C)[C@@H]3C[C@@H]1C2)C(C)CC(F)(F)F. The van der Waals surface area contributed by atoms with Gasteiger partial charge in [0, 0.05) is 38.0 Å². The van der Waals surface area contributed by atoms with Crippen molar-refractivity contribution in [3.63, 3.8) is 0 Å². The lowest BCUT2D eigenvalue weighted by atomic mass is 9.49. The number of ketones is 4. The molecule has 0 aromatic heterocycles. The van der Waals surface area contributed by atoms with E-state index in [0.29, 0.717) is 11.3 Å². The summed E-state index contributed by atoms with van der Waals surface area (Å²) in [5.41, 5.74) is 3.63. The van der Waals surface area contributed by atoms with Gasteiger partial charge >= 0.3 is 6.18 Å². The van der Waals surface area contributed by atoms with Crippen LogP contribution in [-0.4, -0.2) is 65.1 Å². The number of anilines is 1. The predicted molar refractivity (Wildman–Crippen MR) is 149 cm³/mol. The Morgan fingerprint density at radius 3 is 2.21 bits per heavy atom. The van der Waals surface area contributed by atoms with Crippen molar-refractivity contribution in [1.82, 2.24) is 0 Å². The third-order valence-corrected chi connectivity index (χ3v) is 9.92. The second kappa shape index (κ2) is 11.0. The van der Waals surface area contributed by atoms with Gasteiger partial charge in [0.05, 0.1) is 11.5 Å². The van der Waals surface area contributed by atoms with E-state index in [1.807, 2.05) is 0 Å². The molecule has 12 heteroatoms. The number of carbonyl (C=O) groups is 5. The number of nitrogens with zero attached hydrogens (tertiary/aromatic N) is 1. The summed E-state index contributed by atoms with van der Waals surface area (Å²) >= 11 is 0. The largest absolute Gasteiger partial charge is 0.507 e. The molecule has 2 saturated carbocycles. The summed E-state index contributed by atoms with van der Waals surface area (Å²) in [4.78, 5) is 68.7. The van der Waals surface area contributed by atoms with E-state index in [1.165, 1.54) is 6.92 Å². The van der Waals surface area contributed by atoms with E-state index < -0.39 is 100 Å². The number of primary amides is 1. The van der Waals surface area contributed by atoms with Gasteiger partial charge in [-0.1, -0.05) is 27.7 Å². The second-order valence-electron chi connectivity index (χ2n) is 13.3. The fourth-order valence-electron chi connectivity index (χ4n) is 7.62. The van der Waals surface area contributed by atoms with Crippen molar-refractivity contribution in [2.75, 3.05) is 19.0 Å². The molecule has 1 aromatic rings. The Morgan fingerprint density at radius 1 is 1.09 bits per heavy atom. The average Bonchev–Trinajstić information content (AvgIpc) is 2.86. The number of rotatable bonds is 7. The summed E-state index contributed by atoms with van der Waals surface area (Å²) in [7, 11) is 3.43. The number of alkyl halides is 3. The maximum atomic E-state index is 14.1. The maximum Gasteiger partial charge on any atom is 0.389 e. The molecule has 9 nitrogen and oxygen atoms in total. The lowest BCUT2D eigenvalue weighted by Crippen LogP contribution is -2.71. The van der Waals surface area contributed by atoms with Crippen LogP contribution in [0.3, 0.4) is 0 Å². The van der Waals surface area contributed by atoms with Crippen molar-refractivity contribution in [2.45, 2.75) is 65.2 Å². The third kappa shape index (κ3) is 5.25. The number of carbonyl (C=O) groups excluding carboxylic acids is 5. The van der Waals surface area contributed by atoms with Crippen LogP contribution in [0.25, 0.3) is 0 Å². The van der Waals surface area contributed by atoms with Gasteiger partial charge in [0.15, 0.2) is 34.7 Å². The highest BCUT2D eigenvalue weighted by Gasteiger charge is 2.69. The average molecular weight is 609 g/mol. The molecule has 0 radical (unpaired) electrons. The zero-order valence-corrected chi connectivity index (χ0v) is 25.1. The molecular formula is C31H39F3N2O7. The first-order valence-corrected chi connectivity index (χ1v) is 14.5. The summed E-state index contributed by atoms with van der Waals surface area (Å²) in [6, 6.07) is 1.64. The highest BCUT2D eigenvalue weighted by molar-refractivity contribution is 6.32. The number of aliphatic hydroxyl groups is 1. The minimum atomic E-state index is -4.37. The van der Waals surface area contributed by atoms with Crippen molar-refractivity contribution < 1.29 is 47.4 Å². The molecule has 0 aliphatic heterocycles. The van der Waals surface area contributed by atoms with Gasteiger partial charge in [-0.15, -0.1) is 0 Å². The van der Waals surface area contributed by atoms with E-state index in [2.05, 4.69) is 0 Å². The van der Waals surface area contributed by atoms with Crippen molar-refractivity contribution in [3.8, 4) is 5.75 Å². The molecule has 4 unspecified atom stereocenters. The molecule has 0 saturated heterocycles. The van der Waals surface area contributed by atoms with Gasteiger partial charge in [-0.2, -0.15) is 13.2 Å². The summed E-state index contributed by atoms with van der Waals surface area (Å²) < 4.78 is 39.1. The summed E-state index contributed by atoms with van der Waals surface area (Å²) in [5.74, 6) is -14.0. The molecule has 4 rings (SSSR count). The monoisotopic (exact) mass is 608 g/mol. The lowest BCUT2D eigenvalue weighted by molar-refractivity contribution is -0.182. The van der Waals surface area contributed by atoms with Crippen LogP contribution in [0.15, 0.2) is 6.07 Å². The number of amides is 1. The van der Waals surface area contributed by atoms with E-state index in [-0.39, 0.29) is 30.4 Å². The molecule has 43 heavy (non-hydrogen) atoms. The third-order valence-electron chi connectivity index (χ3n) is 9.92. The molecule has 3 aliphatic carbocycles. The molecule has 1 aromatic carbocycles. The van der Waals surface area contributed by atoms with Crippen LogP contribution in [0.1, 0.15) is 62.0 Å². The number of phenols is 1. The first kappa shape index (κ1) is 32.6. The van der Waals surface area contributed by atoms with Crippen LogP contribution in [0.4, 0.5) is 18.9 Å². The molecule has 236 valence electrons. The highest BCUT2D eigenvalue weighted by Crippen LogP contribution is 2.54. The normalized spacial score (nSPS) is 30.4. The molecule has 1 amide bonds. The van der Waals surface area contributed by atoms with Crippen LogP contribution >= 0.6 is 0 Å². The van der Waals surface area contributed by atoms with Crippen molar-refractivity contribution in [2.24, 2.45) is 53.1 Å². The number of aromatic hydroxyl groups is 1. The fraction of sp³-hybridized carbons (Fsp3) is 0.645. The van der Waals surface area contributed by atoms with Gasteiger partial charge in [0.2, 0.25) is 5.91 Å². The highest BCUT2D eigenvalue weighted by atomic mass is 19.4. The molecule has 3 aliphatic rings. The second-order valence-corrected chi connectivity index (χ2v) is 13.3. The minimum Gasteiger partial charge on any atom is -0.507 e. The molecule has 0 bridgehead atoms. The standard InChI is InChI=1S/C31H39F3N2O7/c1-12(2)20-18-9-15-8-17-19(36(5)6)10-16(7-13(3)14(4)11-30(32,33)34)24(37)22(17)26(39)21(15)27(40)31(18,43)28(41)23(25(20)38)29(35)42/h10,12-15,18,20-21,23,37,43H,7-9,11H2,1-6H3,(H2,35,42)/t13?,14?,15-,18-,20-,21?,23?,31-/m0/s1. The number of benzene rings is 1. The Morgan fingerprint density at radius 2 is 1.70 bits per heavy atom. The smallest absolute Gasteiger partial charge is 0.389 e. The van der Waals surface area contributed by atoms with E-state index in [4.69, 9.17) is 5.73 Å². The van der Waals surface area contributed by atoms with E-state index in [0.717, 1.165) is 0 Å². The Kier molecular flexibility index (Phi) is 8.36. The fourth-order valence-corrected chi connectivity index (χ4v) is 7.62. The maximum absolute atomic E-state index is 14.1. The number of nitrogens with two attached hydrogens (primary N) is 1. The summed E-state index contributed by atoms with van der Waals surface area (Å²) in [5, 5.41) is 23.1. The van der Waals surface area contributed by atoms with E-state index >= 15 is 0 Å². The number of fused-ring (bicyclic) bond motifs is 3. The van der Waals surface area contributed by atoms with Gasteiger partial charge in [-0.25, -0.2) is 0 Å².